The monoisotopic (exact) mass is 537 g/mol. The minimum atomic E-state index is -4.44. The third kappa shape index (κ3) is 6.47. The fourth-order valence-corrected chi connectivity index (χ4v) is 4.77. The van der Waals surface area contributed by atoms with Gasteiger partial charge in [-0.05, 0) is 68.3 Å². The number of rotatable bonds is 6. The number of carbonyl (C=O) groups excluding carboxylic acids is 2. The van der Waals surface area contributed by atoms with E-state index in [0.717, 1.165) is 33.8 Å². The predicted octanol–water partition coefficient (Wildman–Crippen LogP) is 6.21. The van der Waals surface area contributed by atoms with Crippen molar-refractivity contribution in [1.29, 1.82) is 0 Å². The molecule has 2 amide bonds. The highest BCUT2D eigenvalue weighted by Crippen LogP contribution is 2.29. The summed E-state index contributed by atoms with van der Waals surface area (Å²) in [5.74, 6) is -0.698. The number of benzene rings is 3. The zero-order valence-electron chi connectivity index (χ0n) is 21.1. The number of thiazole rings is 1. The third-order valence-electron chi connectivity index (χ3n) is 6.15. The summed E-state index contributed by atoms with van der Waals surface area (Å²) < 4.78 is 40.7. The van der Waals surface area contributed by atoms with Crippen LogP contribution in [0, 0.1) is 20.8 Å². The molecule has 0 aliphatic heterocycles. The van der Waals surface area contributed by atoms with Gasteiger partial charge in [0.25, 0.3) is 11.8 Å². The van der Waals surface area contributed by atoms with Gasteiger partial charge in [0.15, 0.2) is 4.80 Å². The van der Waals surface area contributed by atoms with Gasteiger partial charge in [-0.1, -0.05) is 42.0 Å². The first-order chi connectivity index (χ1) is 18.0. The molecule has 0 atom stereocenters. The van der Waals surface area contributed by atoms with Crippen LogP contribution in [0.3, 0.4) is 0 Å². The van der Waals surface area contributed by atoms with E-state index in [1.807, 2.05) is 49.6 Å². The van der Waals surface area contributed by atoms with Crippen LogP contribution < -0.4 is 10.1 Å². The van der Waals surface area contributed by atoms with E-state index in [9.17, 15) is 22.8 Å². The van der Waals surface area contributed by atoms with Gasteiger partial charge in [-0.2, -0.15) is 18.2 Å². The number of nitrogens with zero attached hydrogens (tertiary/aromatic N) is 2. The van der Waals surface area contributed by atoms with Gasteiger partial charge in [-0.25, -0.2) is 0 Å². The highest BCUT2D eigenvalue weighted by molar-refractivity contribution is 7.09. The van der Waals surface area contributed by atoms with E-state index in [2.05, 4.69) is 10.3 Å². The largest absolute Gasteiger partial charge is 0.416 e. The summed E-state index contributed by atoms with van der Waals surface area (Å²) in [5.41, 5.74) is 3.48. The number of hydrogen-bond acceptors (Lipinski definition) is 3. The van der Waals surface area contributed by atoms with Crippen molar-refractivity contribution in [2.75, 3.05) is 0 Å². The molecular weight excluding hydrogens is 511 g/mol. The van der Waals surface area contributed by atoms with Crippen LogP contribution in [0.5, 0.6) is 0 Å². The van der Waals surface area contributed by atoms with Gasteiger partial charge >= 0.3 is 6.18 Å². The van der Waals surface area contributed by atoms with Crippen LogP contribution in [0.4, 0.5) is 13.2 Å². The average molecular weight is 538 g/mol. The van der Waals surface area contributed by atoms with Crippen LogP contribution in [0.2, 0.25) is 0 Å². The van der Waals surface area contributed by atoms with Gasteiger partial charge in [0, 0.05) is 28.2 Å². The SMILES string of the molecule is Cc1ccc(C(=O)N=c2sc(C)c(C)n2Cc2ccc(C(=O)NCc3cccc(C(F)(F)F)c3)cc2)cc1. The zero-order valence-corrected chi connectivity index (χ0v) is 21.9. The minimum Gasteiger partial charge on any atom is -0.348 e. The van der Waals surface area contributed by atoms with E-state index in [1.54, 1.807) is 24.3 Å². The quantitative estimate of drug-likeness (QED) is 0.318. The Bertz CT molecular complexity index is 1530. The van der Waals surface area contributed by atoms with Crippen molar-refractivity contribution < 1.29 is 22.8 Å². The van der Waals surface area contributed by atoms with Crippen molar-refractivity contribution in [2.45, 2.75) is 40.0 Å². The van der Waals surface area contributed by atoms with Gasteiger partial charge in [-0.3, -0.25) is 9.59 Å². The van der Waals surface area contributed by atoms with Gasteiger partial charge in [0.2, 0.25) is 0 Å². The maximum absolute atomic E-state index is 12.9. The summed E-state index contributed by atoms with van der Waals surface area (Å²) in [7, 11) is 0. The van der Waals surface area contributed by atoms with Gasteiger partial charge in [-0.15, -0.1) is 11.3 Å². The zero-order chi connectivity index (χ0) is 27.4. The molecule has 0 unspecified atom stereocenters. The molecule has 4 rings (SSSR count). The number of amides is 2. The number of hydrogen-bond donors (Lipinski definition) is 1. The summed E-state index contributed by atoms with van der Waals surface area (Å²) >= 11 is 1.44. The van der Waals surface area contributed by atoms with Gasteiger partial charge in [0.05, 0.1) is 12.1 Å². The predicted molar refractivity (Wildman–Crippen MR) is 141 cm³/mol. The lowest BCUT2D eigenvalue weighted by atomic mass is 10.1. The molecule has 9 heteroatoms. The molecule has 0 aliphatic carbocycles. The Morgan fingerprint density at radius 2 is 1.55 bits per heavy atom. The maximum Gasteiger partial charge on any atom is 0.416 e. The second-order valence-corrected chi connectivity index (χ2v) is 10.2. The molecule has 4 aromatic rings. The molecular formula is C29H26F3N3O2S. The molecule has 0 bridgehead atoms. The average Bonchev–Trinajstić information content (AvgIpc) is 3.15. The molecule has 0 spiro atoms. The first kappa shape index (κ1) is 27.1. The highest BCUT2D eigenvalue weighted by Gasteiger charge is 2.30. The molecule has 0 fully saturated rings. The second-order valence-electron chi connectivity index (χ2n) is 8.97. The van der Waals surface area contributed by atoms with Crippen molar-refractivity contribution in [3.8, 4) is 0 Å². The number of alkyl halides is 3. The molecule has 38 heavy (non-hydrogen) atoms. The van der Waals surface area contributed by atoms with Crippen LogP contribution in [0.1, 0.15) is 53.5 Å². The molecule has 1 N–H and O–H groups in total. The Morgan fingerprint density at radius 1 is 0.895 bits per heavy atom. The smallest absolute Gasteiger partial charge is 0.348 e. The van der Waals surface area contributed by atoms with E-state index in [0.29, 0.717) is 28.0 Å². The van der Waals surface area contributed by atoms with Gasteiger partial charge in [0.1, 0.15) is 0 Å². The molecule has 0 saturated heterocycles. The summed E-state index contributed by atoms with van der Waals surface area (Å²) in [4.78, 5) is 31.3. The summed E-state index contributed by atoms with van der Waals surface area (Å²) in [6, 6.07) is 19.1. The lowest BCUT2D eigenvalue weighted by Gasteiger charge is -2.10. The Balaban J connectivity index is 1.46. The number of aromatic nitrogens is 1. The van der Waals surface area contributed by atoms with E-state index in [4.69, 9.17) is 0 Å². The van der Waals surface area contributed by atoms with Crippen LogP contribution >= 0.6 is 11.3 Å². The van der Waals surface area contributed by atoms with Gasteiger partial charge < -0.3 is 9.88 Å². The van der Waals surface area contributed by atoms with Crippen LogP contribution in [0.15, 0.2) is 77.8 Å². The van der Waals surface area contributed by atoms with E-state index < -0.39 is 11.7 Å². The van der Waals surface area contributed by atoms with E-state index in [-0.39, 0.29) is 18.4 Å². The number of halogens is 3. The topological polar surface area (TPSA) is 63.5 Å². The molecule has 3 aromatic carbocycles. The van der Waals surface area contributed by atoms with Crippen molar-refractivity contribution in [2.24, 2.45) is 4.99 Å². The molecule has 0 aliphatic rings. The first-order valence-corrected chi connectivity index (χ1v) is 12.7. The van der Waals surface area contributed by atoms with Crippen LogP contribution in [-0.2, 0) is 19.3 Å². The maximum atomic E-state index is 12.9. The second kappa shape index (κ2) is 11.2. The van der Waals surface area contributed by atoms with Crippen molar-refractivity contribution >= 4 is 23.2 Å². The summed E-state index contributed by atoms with van der Waals surface area (Å²) in [5, 5.41) is 2.66. The van der Waals surface area contributed by atoms with E-state index >= 15 is 0 Å². The van der Waals surface area contributed by atoms with Crippen LogP contribution in [0.25, 0.3) is 0 Å². The summed E-state index contributed by atoms with van der Waals surface area (Å²) in [6.07, 6.45) is -4.44. The molecule has 1 aromatic heterocycles. The lowest BCUT2D eigenvalue weighted by molar-refractivity contribution is -0.137. The van der Waals surface area contributed by atoms with Crippen molar-refractivity contribution in [3.05, 3.63) is 122 Å². The molecule has 196 valence electrons. The lowest BCUT2D eigenvalue weighted by Crippen LogP contribution is -2.23. The number of aryl methyl sites for hydroxylation is 2. The van der Waals surface area contributed by atoms with Crippen molar-refractivity contribution in [1.82, 2.24) is 9.88 Å². The van der Waals surface area contributed by atoms with E-state index in [1.165, 1.54) is 23.5 Å². The molecule has 0 saturated carbocycles. The fourth-order valence-electron chi connectivity index (χ4n) is 3.80. The Morgan fingerprint density at radius 3 is 2.21 bits per heavy atom. The minimum absolute atomic E-state index is 0.0202. The molecule has 0 radical (unpaired) electrons. The summed E-state index contributed by atoms with van der Waals surface area (Å²) in [6.45, 7) is 6.34. The first-order valence-electron chi connectivity index (χ1n) is 11.9. The fraction of sp³-hybridized carbons (Fsp3) is 0.207. The number of nitrogens with one attached hydrogen (secondary N) is 1. The normalized spacial score (nSPS) is 12.0. The Kier molecular flexibility index (Phi) is 7.97. The highest BCUT2D eigenvalue weighted by atomic mass is 32.1. The number of carbonyl (C=O) groups is 2. The van der Waals surface area contributed by atoms with Crippen LogP contribution in [-0.4, -0.2) is 16.4 Å². The standard InChI is InChI=1S/C29H26F3N3O2S/c1-18-7-11-24(12-8-18)27(37)34-28-35(19(2)20(3)38-28)17-21-9-13-23(14-10-21)26(36)33-16-22-5-4-6-25(15-22)29(30,31)32/h4-15H,16-17H2,1-3H3,(H,33,36). The Labute approximate surface area is 222 Å². The van der Waals surface area contributed by atoms with Crippen molar-refractivity contribution in [3.63, 3.8) is 0 Å². The Hall–Kier alpha value is -3.98. The molecule has 1 heterocycles. The molecule has 5 nitrogen and oxygen atoms in total. The third-order valence-corrected chi connectivity index (χ3v) is 7.25.